The first-order valence-corrected chi connectivity index (χ1v) is 14.7. The van der Waals surface area contributed by atoms with Gasteiger partial charge in [0, 0.05) is 22.6 Å². The SMILES string of the molecule is C[C@@H](C(=O)NC1CCCCC1)N(CCc1ccccc1)C(=O)CN(c1cc(Cl)cc(Cl)c1)S(C)(=O)=O. The largest absolute Gasteiger partial charge is 0.352 e. The molecule has 7 nitrogen and oxygen atoms in total. The molecule has 1 aliphatic rings. The minimum absolute atomic E-state index is 0.0981. The van der Waals surface area contributed by atoms with E-state index in [0.29, 0.717) is 6.42 Å². The van der Waals surface area contributed by atoms with Crippen molar-refractivity contribution in [2.45, 2.75) is 57.5 Å². The van der Waals surface area contributed by atoms with Gasteiger partial charge in [-0.2, -0.15) is 0 Å². The zero-order chi connectivity index (χ0) is 26.3. The summed E-state index contributed by atoms with van der Waals surface area (Å²) >= 11 is 12.2. The fourth-order valence-corrected chi connectivity index (χ4v) is 5.78. The second kappa shape index (κ2) is 12.8. The molecule has 1 saturated carbocycles. The standard InChI is InChI=1S/C26H33Cl2N3O4S/c1-19(26(33)29-23-11-7-4-8-12-23)30(14-13-20-9-5-3-6-10-20)25(32)18-31(36(2,34)35)24-16-21(27)15-22(28)17-24/h3,5-6,9-10,15-17,19,23H,4,7-8,11-14,18H2,1-2H3,(H,29,33)/t19-/m0/s1. The third-order valence-corrected chi connectivity index (χ3v) is 7.99. The molecule has 0 heterocycles. The summed E-state index contributed by atoms with van der Waals surface area (Å²) in [6.07, 6.45) is 6.70. The minimum atomic E-state index is -3.85. The van der Waals surface area contributed by atoms with Crippen molar-refractivity contribution in [3.8, 4) is 0 Å². The Morgan fingerprint density at radius 1 is 1.03 bits per heavy atom. The molecular formula is C26H33Cl2N3O4S. The molecule has 1 fully saturated rings. The molecule has 2 amide bonds. The molecule has 0 spiro atoms. The Morgan fingerprint density at radius 2 is 1.64 bits per heavy atom. The third-order valence-electron chi connectivity index (χ3n) is 6.42. The average molecular weight is 555 g/mol. The van der Waals surface area contributed by atoms with Crippen molar-refractivity contribution in [1.29, 1.82) is 0 Å². The van der Waals surface area contributed by atoms with Crippen LogP contribution in [0.1, 0.15) is 44.6 Å². The normalized spacial score (nSPS) is 15.2. The van der Waals surface area contributed by atoms with E-state index in [0.717, 1.165) is 41.8 Å². The molecule has 36 heavy (non-hydrogen) atoms. The van der Waals surface area contributed by atoms with Gasteiger partial charge in [0.15, 0.2) is 0 Å². The number of halogens is 2. The van der Waals surface area contributed by atoms with Crippen LogP contribution in [0.2, 0.25) is 10.0 Å². The quantitative estimate of drug-likeness (QED) is 0.463. The number of nitrogens with zero attached hydrogens (tertiary/aromatic N) is 2. The van der Waals surface area contributed by atoms with Gasteiger partial charge in [-0.1, -0.05) is 72.8 Å². The Bertz CT molecular complexity index is 1130. The Labute approximate surface area is 223 Å². The summed E-state index contributed by atoms with van der Waals surface area (Å²) in [6.45, 7) is 1.46. The van der Waals surface area contributed by atoms with Crippen molar-refractivity contribution in [2.24, 2.45) is 0 Å². The molecule has 1 N–H and O–H groups in total. The Morgan fingerprint density at radius 3 is 2.22 bits per heavy atom. The van der Waals surface area contributed by atoms with E-state index in [1.165, 1.54) is 29.5 Å². The second-order valence-corrected chi connectivity index (χ2v) is 12.0. The van der Waals surface area contributed by atoms with Gasteiger partial charge in [0.2, 0.25) is 21.8 Å². The number of carbonyl (C=O) groups is 2. The lowest BCUT2D eigenvalue weighted by Gasteiger charge is -2.33. The number of anilines is 1. The minimum Gasteiger partial charge on any atom is -0.352 e. The highest BCUT2D eigenvalue weighted by Crippen LogP contribution is 2.27. The van der Waals surface area contributed by atoms with Crippen LogP contribution >= 0.6 is 23.2 Å². The number of nitrogens with one attached hydrogen (secondary N) is 1. The average Bonchev–Trinajstić information content (AvgIpc) is 2.82. The van der Waals surface area contributed by atoms with E-state index in [1.54, 1.807) is 6.92 Å². The molecule has 0 radical (unpaired) electrons. The molecule has 0 aliphatic heterocycles. The van der Waals surface area contributed by atoms with E-state index in [1.807, 2.05) is 30.3 Å². The molecule has 0 unspecified atom stereocenters. The molecule has 0 bridgehead atoms. The zero-order valence-electron chi connectivity index (χ0n) is 20.6. The van der Waals surface area contributed by atoms with Crippen LogP contribution in [0.3, 0.4) is 0 Å². The van der Waals surface area contributed by atoms with Crippen LogP contribution in [0.5, 0.6) is 0 Å². The predicted octanol–water partition coefficient (Wildman–Crippen LogP) is 4.67. The van der Waals surface area contributed by atoms with Crippen LogP contribution in [0.15, 0.2) is 48.5 Å². The van der Waals surface area contributed by atoms with Gasteiger partial charge < -0.3 is 10.2 Å². The smallest absolute Gasteiger partial charge is 0.244 e. The first kappa shape index (κ1) is 28.3. The van der Waals surface area contributed by atoms with Crippen molar-refractivity contribution in [1.82, 2.24) is 10.2 Å². The third kappa shape index (κ3) is 8.11. The fraction of sp³-hybridized carbons (Fsp3) is 0.462. The van der Waals surface area contributed by atoms with Gasteiger partial charge in [-0.3, -0.25) is 13.9 Å². The lowest BCUT2D eigenvalue weighted by molar-refractivity contribution is -0.139. The maximum absolute atomic E-state index is 13.6. The monoisotopic (exact) mass is 553 g/mol. The van der Waals surface area contributed by atoms with E-state index in [2.05, 4.69) is 5.32 Å². The second-order valence-electron chi connectivity index (χ2n) is 9.24. The molecule has 2 aromatic rings. The van der Waals surface area contributed by atoms with E-state index < -0.39 is 28.5 Å². The summed E-state index contributed by atoms with van der Waals surface area (Å²) in [5.74, 6) is -0.723. The lowest BCUT2D eigenvalue weighted by Crippen LogP contribution is -2.53. The van der Waals surface area contributed by atoms with E-state index >= 15 is 0 Å². The summed E-state index contributed by atoms with van der Waals surface area (Å²) in [5.41, 5.74) is 1.20. The van der Waals surface area contributed by atoms with Crippen molar-refractivity contribution in [3.05, 3.63) is 64.1 Å². The predicted molar refractivity (Wildman–Crippen MR) is 145 cm³/mol. The van der Waals surface area contributed by atoms with E-state index in [-0.39, 0.29) is 34.2 Å². The maximum Gasteiger partial charge on any atom is 0.244 e. The van der Waals surface area contributed by atoms with Gasteiger partial charge in [-0.05, 0) is 49.9 Å². The molecule has 0 saturated heterocycles. The van der Waals surface area contributed by atoms with E-state index in [4.69, 9.17) is 23.2 Å². The topological polar surface area (TPSA) is 86.8 Å². The molecular weight excluding hydrogens is 521 g/mol. The van der Waals surface area contributed by atoms with Crippen LogP contribution < -0.4 is 9.62 Å². The van der Waals surface area contributed by atoms with Crippen molar-refractivity contribution in [3.63, 3.8) is 0 Å². The van der Waals surface area contributed by atoms with Gasteiger partial charge in [0.1, 0.15) is 12.6 Å². The van der Waals surface area contributed by atoms with Gasteiger partial charge in [-0.15, -0.1) is 0 Å². The highest BCUT2D eigenvalue weighted by atomic mass is 35.5. The van der Waals surface area contributed by atoms with E-state index in [9.17, 15) is 18.0 Å². The number of sulfonamides is 1. The highest BCUT2D eigenvalue weighted by molar-refractivity contribution is 7.92. The van der Waals surface area contributed by atoms with Gasteiger partial charge in [0.05, 0.1) is 11.9 Å². The number of carbonyl (C=O) groups excluding carboxylic acids is 2. The van der Waals surface area contributed by atoms with Crippen LogP contribution in [-0.2, 0) is 26.0 Å². The highest BCUT2D eigenvalue weighted by Gasteiger charge is 2.31. The summed E-state index contributed by atoms with van der Waals surface area (Å²) in [4.78, 5) is 28.2. The number of hydrogen-bond donors (Lipinski definition) is 1. The fourth-order valence-electron chi connectivity index (χ4n) is 4.44. The maximum atomic E-state index is 13.6. The number of rotatable bonds is 10. The number of benzene rings is 2. The number of amides is 2. The summed E-state index contributed by atoms with van der Waals surface area (Å²) in [7, 11) is -3.85. The zero-order valence-corrected chi connectivity index (χ0v) is 23.0. The van der Waals surface area contributed by atoms with Crippen molar-refractivity contribution in [2.75, 3.05) is 23.7 Å². The van der Waals surface area contributed by atoms with Gasteiger partial charge in [0.25, 0.3) is 0 Å². The van der Waals surface area contributed by atoms with Crippen molar-refractivity contribution < 1.29 is 18.0 Å². The molecule has 1 aliphatic carbocycles. The van der Waals surface area contributed by atoms with Crippen LogP contribution in [0, 0.1) is 0 Å². The molecule has 196 valence electrons. The van der Waals surface area contributed by atoms with Crippen molar-refractivity contribution >= 4 is 50.7 Å². The Kier molecular flexibility index (Phi) is 10.0. The molecule has 1 atom stereocenters. The molecule has 2 aromatic carbocycles. The summed E-state index contributed by atoms with van der Waals surface area (Å²) in [6, 6.07) is 13.3. The lowest BCUT2D eigenvalue weighted by atomic mass is 9.95. The molecule has 0 aromatic heterocycles. The first-order chi connectivity index (χ1) is 17.0. The van der Waals surface area contributed by atoms with Crippen LogP contribution in [-0.4, -0.2) is 56.6 Å². The Balaban J connectivity index is 1.83. The first-order valence-electron chi connectivity index (χ1n) is 12.1. The molecule has 3 rings (SSSR count). The number of hydrogen-bond acceptors (Lipinski definition) is 4. The van der Waals surface area contributed by atoms with Crippen LogP contribution in [0.4, 0.5) is 5.69 Å². The summed E-state index contributed by atoms with van der Waals surface area (Å²) in [5, 5.41) is 3.58. The van der Waals surface area contributed by atoms with Gasteiger partial charge in [-0.25, -0.2) is 8.42 Å². The molecule has 10 heteroatoms. The summed E-state index contributed by atoms with van der Waals surface area (Å²) < 4.78 is 26.3. The van der Waals surface area contributed by atoms with Crippen LogP contribution in [0.25, 0.3) is 0 Å². The Hall–Kier alpha value is -2.29. The van der Waals surface area contributed by atoms with Gasteiger partial charge >= 0.3 is 0 Å².